The molecule has 1 heterocycles. The first-order valence-electron chi connectivity index (χ1n) is 8.43. The second-order valence-electron chi connectivity index (χ2n) is 5.80. The number of esters is 1. The van der Waals surface area contributed by atoms with Crippen molar-refractivity contribution in [2.24, 2.45) is 0 Å². The molecule has 0 unspecified atom stereocenters. The number of nitro benzene ring substituents is 1. The largest absolute Gasteiger partial charge is 0.455 e. The molecule has 31 heavy (non-hydrogen) atoms. The van der Waals surface area contributed by atoms with E-state index in [0.29, 0.717) is 10.6 Å². The smallest absolute Gasteiger partial charge is 0.316 e. The summed E-state index contributed by atoms with van der Waals surface area (Å²) in [6, 6.07) is 9.59. The van der Waals surface area contributed by atoms with E-state index in [2.05, 4.69) is 15.5 Å². The summed E-state index contributed by atoms with van der Waals surface area (Å²) in [7, 11) is 0. The molecule has 1 amide bonds. The van der Waals surface area contributed by atoms with Gasteiger partial charge in [-0.2, -0.15) is 4.39 Å². The van der Waals surface area contributed by atoms with Crippen molar-refractivity contribution in [2.75, 3.05) is 17.7 Å². The monoisotopic (exact) mass is 466 g/mol. The number of carbonyl (C=O) groups excluding carboxylic acids is 2. The Bertz CT molecular complexity index is 1120. The number of aromatic nitrogens is 2. The fourth-order valence-electron chi connectivity index (χ4n) is 2.21. The highest BCUT2D eigenvalue weighted by atomic mass is 35.5. The summed E-state index contributed by atoms with van der Waals surface area (Å²) < 4.78 is 23.6. The number of rotatable bonds is 8. The minimum atomic E-state index is -1.04. The predicted molar refractivity (Wildman–Crippen MR) is 108 cm³/mol. The minimum Gasteiger partial charge on any atom is -0.455 e. The van der Waals surface area contributed by atoms with Gasteiger partial charge in [0.1, 0.15) is 5.75 Å². The molecule has 0 bridgehead atoms. The number of hydrogen-bond donors (Lipinski definition) is 1. The lowest BCUT2D eigenvalue weighted by Crippen LogP contribution is -2.21. The van der Waals surface area contributed by atoms with Crippen LogP contribution in [0.25, 0.3) is 11.5 Å². The molecular formula is C18H12ClFN4O6S. The molecule has 160 valence electrons. The lowest BCUT2D eigenvalue weighted by atomic mass is 10.2. The van der Waals surface area contributed by atoms with Crippen LogP contribution in [0.5, 0.6) is 0 Å². The Morgan fingerprint density at radius 3 is 2.68 bits per heavy atom. The number of amides is 1. The van der Waals surface area contributed by atoms with Crippen LogP contribution < -0.4 is 5.32 Å². The molecule has 0 saturated heterocycles. The predicted octanol–water partition coefficient (Wildman–Crippen LogP) is 3.71. The zero-order chi connectivity index (χ0) is 22.4. The summed E-state index contributed by atoms with van der Waals surface area (Å²) in [6.45, 7) is -0.634. The Labute approximate surface area is 182 Å². The van der Waals surface area contributed by atoms with Crippen LogP contribution in [0.2, 0.25) is 5.02 Å². The van der Waals surface area contributed by atoms with E-state index in [9.17, 15) is 24.1 Å². The van der Waals surface area contributed by atoms with Crippen molar-refractivity contribution in [3.05, 3.63) is 63.4 Å². The van der Waals surface area contributed by atoms with Gasteiger partial charge < -0.3 is 14.5 Å². The van der Waals surface area contributed by atoms with Gasteiger partial charge in [0.25, 0.3) is 11.1 Å². The molecule has 0 radical (unpaired) electrons. The van der Waals surface area contributed by atoms with Gasteiger partial charge in [-0.3, -0.25) is 19.7 Å². The van der Waals surface area contributed by atoms with E-state index in [1.54, 1.807) is 24.3 Å². The molecule has 0 saturated carbocycles. The number of halogens is 2. The maximum Gasteiger partial charge on any atom is 0.316 e. The highest BCUT2D eigenvalue weighted by Gasteiger charge is 2.16. The number of anilines is 1. The SMILES string of the molecule is O=C(COC(=O)CSc1nnc(-c2ccc(Cl)cc2)o1)Nc1ccc(F)c([N+](=O)[O-])c1. The van der Waals surface area contributed by atoms with E-state index in [1.807, 2.05) is 0 Å². The van der Waals surface area contributed by atoms with Gasteiger partial charge in [-0.1, -0.05) is 23.4 Å². The maximum atomic E-state index is 13.3. The molecule has 13 heteroatoms. The summed E-state index contributed by atoms with van der Waals surface area (Å²) >= 11 is 6.74. The zero-order valence-electron chi connectivity index (χ0n) is 15.4. The lowest BCUT2D eigenvalue weighted by molar-refractivity contribution is -0.387. The number of hydrogen-bond acceptors (Lipinski definition) is 9. The van der Waals surface area contributed by atoms with Gasteiger partial charge >= 0.3 is 11.7 Å². The van der Waals surface area contributed by atoms with E-state index < -0.39 is 34.9 Å². The molecule has 10 nitrogen and oxygen atoms in total. The number of ether oxygens (including phenoxy) is 1. The molecule has 1 aromatic heterocycles. The molecule has 0 fully saturated rings. The van der Waals surface area contributed by atoms with Crippen LogP contribution in [0.3, 0.4) is 0 Å². The highest BCUT2D eigenvalue weighted by molar-refractivity contribution is 7.99. The number of benzene rings is 2. The standard InChI is InChI=1S/C18H12ClFN4O6S/c19-11-3-1-10(2-4-11)17-22-23-18(30-17)31-9-16(26)29-8-15(25)21-12-5-6-13(20)14(7-12)24(27)28/h1-7H,8-9H2,(H,21,25). The third kappa shape index (κ3) is 6.23. The fraction of sp³-hybridized carbons (Fsp3) is 0.111. The van der Waals surface area contributed by atoms with E-state index in [4.69, 9.17) is 20.8 Å². The van der Waals surface area contributed by atoms with Crippen molar-refractivity contribution in [2.45, 2.75) is 5.22 Å². The first-order chi connectivity index (χ1) is 14.8. The third-order valence-electron chi connectivity index (χ3n) is 3.60. The number of nitrogens with zero attached hydrogens (tertiary/aromatic N) is 3. The summed E-state index contributed by atoms with van der Waals surface area (Å²) in [6.07, 6.45) is 0. The summed E-state index contributed by atoms with van der Waals surface area (Å²) in [5.41, 5.74) is -0.142. The molecule has 0 atom stereocenters. The third-order valence-corrected chi connectivity index (χ3v) is 4.65. The van der Waals surface area contributed by atoms with Crippen molar-refractivity contribution in [3.63, 3.8) is 0 Å². The Morgan fingerprint density at radius 2 is 1.97 bits per heavy atom. The highest BCUT2D eigenvalue weighted by Crippen LogP contribution is 2.24. The second kappa shape index (κ2) is 10.00. The topological polar surface area (TPSA) is 137 Å². The second-order valence-corrected chi connectivity index (χ2v) is 7.16. The molecule has 3 rings (SSSR count). The Balaban J connectivity index is 1.45. The van der Waals surface area contributed by atoms with Gasteiger partial charge in [0, 0.05) is 22.3 Å². The number of nitrogens with one attached hydrogen (secondary N) is 1. The zero-order valence-corrected chi connectivity index (χ0v) is 17.0. The van der Waals surface area contributed by atoms with Crippen molar-refractivity contribution < 1.29 is 28.1 Å². The van der Waals surface area contributed by atoms with Crippen molar-refractivity contribution in [1.82, 2.24) is 10.2 Å². The average Bonchev–Trinajstić information content (AvgIpc) is 3.21. The van der Waals surface area contributed by atoms with Crippen LogP contribution in [0.15, 0.2) is 52.1 Å². The maximum absolute atomic E-state index is 13.3. The molecule has 3 aromatic rings. The van der Waals surface area contributed by atoms with Crippen molar-refractivity contribution in [1.29, 1.82) is 0 Å². The van der Waals surface area contributed by atoms with Crippen LogP contribution in [0, 0.1) is 15.9 Å². The van der Waals surface area contributed by atoms with Crippen LogP contribution in [-0.2, 0) is 14.3 Å². The number of nitro groups is 1. The van der Waals surface area contributed by atoms with Gasteiger partial charge in [0.15, 0.2) is 6.61 Å². The molecule has 2 aromatic carbocycles. The van der Waals surface area contributed by atoms with E-state index in [-0.39, 0.29) is 22.6 Å². The first-order valence-corrected chi connectivity index (χ1v) is 9.80. The molecule has 0 aliphatic heterocycles. The van der Waals surface area contributed by atoms with Crippen molar-refractivity contribution >= 4 is 46.6 Å². The Morgan fingerprint density at radius 1 is 1.23 bits per heavy atom. The van der Waals surface area contributed by atoms with Gasteiger partial charge in [-0.05, 0) is 36.4 Å². The molecule has 0 aliphatic carbocycles. The summed E-state index contributed by atoms with van der Waals surface area (Å²) in [5.74, 6) is -2.46. The molecule has 0 spiro atoms. The average molecular weight is 467 g/mol. The first kappa shape index (κ1) is 22.2. The van der Waals surface area contributed by atoms with Gasteiger partial charge in [-0.15, -0.1) is 10.2 Å². The van der Waals surface area contributed by atoms with Gasteiger partial charge in [0.2, 0.25) is 11.7 Å². The summed E-state index contributed by atoms with van der Waals surface area (Å²) in [4.78, 5) is 33.4. The van der Waals surface area contributed by atoms with E-state index >= 15 is 0 Å². The Hall–Kier alpha value is -3.51. The van der Waals surface area contributed by atoms with Crippen LogP contribution >= 0.6 is 23.4 Å². The quantitative estimate of drug-likeness (QED) is 0.228. The van der Waals surface area contributed by atoms with Gasteiger partial charge in [-0.25, -0.2) is 0 Å². The minimum absolute atomic E-state index is 0.0101. The van der Waals surface area contributed by atoms with Gasteiger partial charge in [0.05, 0.1) is 4.92 Å². The summed E-state index contributed by atoms with van der Waals surface area (Å²) in [5, 5.41) is 21.4. The number of carbonyl (C=O) groups is 2. The van der Waals surface area contributed by atoms with E-state index in [1.165, 1.54) is 0 Å². The molecule has 0 aliphatic rings. The van der Waals surface area contributed by atoms with E-state index in [0.717, 1.165) is 30.0 Å². The number of thioether (sulfide) groups is 1. The fourth-order valence-corrected chi connectivity index (χ4v) is 2.90. The van der Waals surface area contributed by atoms with Crippen LogP contribution in [0.4, 0.5) is 15.8 Å². The lowest BCUT2D eigenvalue weighted by Gasteiger charge is -2.06. The molecular weight excluding hydrogens is 455 g/mol. The van der Waals surface area contributed by atoms with Crippen molar-refractivity contribution in [3.8, 4) is 11.5 Å². The normalized spacial score (nSPS) is 10.5. The Kier molecular flexibility index (Phi) is 7.15. The van der Waals surface area contributed by atoms with Crippen LogP contribution in [-0.4, -0.2) is 39.4 Å². The molecule has 1 N–H and O–H groups in total. The van der Waals surface area contributed by atoms with Crippen LogP contribution in [0.1, 0.15) is 0 Å².